The molecule has 0 aromatic heterocycles. The maximum atomic E-state index is 12.0. The molecule has 0 bridgehead atoms. The molecule has 1 aliphatic rings. The summed E-state index contributed by atoms with van der Waals surface area (Å²) in [5.41, 5.74) is 7.61. The fourth-order valence-corrected chi connectivity index (χ4v) is 2.50. The summed E-state index contributed by atoms with van der Waals surface area (Å²) < 4.78 is 0. The summed E-state index contributed by atoms with van der Waals surface area (Å²) >= 11 is 0. The standard InChI is InChI=1S/C15H21N3O2/c1-9-4-3-5-11(6-9)12-7-13(17-8-12)15(20)18-10(2)14(16)19/h3-6,10,12-13,17H,7-8H2,1-2H3,(H2,16,19)(H,18,20)/t10-,12-,13+/m0/s1. The topological polar surface area (TPSA) is 84.2 Å². The van der Waals surface area contributed by atoms with Gasteiger partial charge in [-0.2, -0.15) is 0 Å². The molecule has 2 amide bonds. The van der Waals surface area contributed by atoms with E-state index in [4.69, 9.17) is 5.73 Å². The molecular weight excluding hydrogens is 254 g/mol. The summed E-state index contributed by atoms with van der Waals surface area (Å²) in [5.74, 6) is -0.354. The Kier molecular flexibility index (Phi) is 4.39. The van der Waals surface area contributed by atoms with Crippen LogP contribution in [-0.2, 0) is 9.59 Å². The molecule has 2 rings (SSSR count). The van der Waals surface area contributed by atoms with E-state index in [2.05, 4.69) is 35.8 Å². The lowest BCUT2D eigenvalue weighted by Gasteiger charge is -2.15. The van der Waals surface area contributed by atoms with Crippen LogP contribution in [0.15, 0.2) is 24.3 Å². The molecule has 4 N–H and O–H groups in total. The van der Waals surface area contributed by atoms with Crippen LogP contribution >= 0.6 is 0 Å². The van der Waals surface area contributed by atoms with Crippen LogP contribution in [0.5, 0.6) is 0 Å². The monoisotopic (exact) mass is 275 g/mol. The highest BCUT2D eigenvalue weighted by Crippen LogP contribution is 2.26. The molecule has 0 saturated carbocycles. The molecular formula is C15H21N3O2. The van der Waals surface area contributed by atoms with Crippen molar-refractivity contribution >= 4 is 11.8 Å². The first-order valence-corrected chi connectivity index (χ1v) is 6.87. The Morgan fingerprint density at radius 2 is 2.20 bits per heavy atom. The van der Waals surface area contributed by atoms with Crippen molar-refractivity contribution in [2.45, 2.75) is 38.3 Å². The van der Waals surface area contributed by atoms with Crippen LogP contribution in [-0.4, -0.2) is 30.4 Å². The largest absolute Gasteiger partial charge is 0.368 e. The van der Waals surface area contributed by atoms with Gasteiger partial charge in [-0.05, 0) is 31.7 Å². The average molecular weight is 275 g/mol. The summed E-state index contributed by atoms with van der Waals surface area (Å²) in [4.78, 5) is 23.0. The molecule has 3 atom stereocenters. The van der Waals surface area contributed by atoms with E-state index >= 15 is 0 Å². The fourth-order valence-electron chi connectivity index (χ4n) is 2.50. The van der Waals surface area contributed by atoms with Gasteiger partial charge in [0, 0.05) is 6.54 Å². The van der Waals surface area contributed by atoms with Gasteiger partial charge in [0.25, 0.3) is 0 Å². The lowest BCUT2D eigenvalue weighted by Crippen LogP contribution is -2.48. The Morgan fingerprint density at radius 1 is 1.45 bits per heavy atom. The first-order valence-electron chi connectivity index (χ1n) is 6.87. The second kappa shape index (κ2) is 6.05. The van der Waals surface area contributed by atoms with Gasteiger partial charge >= 0.3 is 0 Å². The summed E-state index contributed by atoms with van der Waals surface area (Å²) in [6.45, 7) is 4.42. The molecule has 20 heavy (non-hydrogen) atoms. The van der Waals surface area contributed by atoms with Gasteiger partial charge in [-0.15, -0.1) is 0 Å². The third-order valence-electron chi connectivity index (χ3n) is 3.75. The minimum atomic E-state index is -0.637. The molecule has 1 aromatic carbocycles. The van der Waals surface area contributed by atoms with E-state index in [1.165, 1.54) is 11.1 Å². The zero-order chi connectivity index (χ0) is 14.7. The Hall–Kier alpha value is -1.88. The average Bonchev–Trinajstić information content (AvgIpc) is 2.88. The molecule has 1 heterocycles. The van der Waals surface area contributed by atoms with E-state index in [9.17, 15) is 9.59 Å². The van der Waals surface area contributed by atoms with Gasteiger partial charge in [0.2, 0.25) is 11.8 Å². The third kappa shape index (κ3) is 3.36. The predicted octanol–water partition coefficient (Wildman–Crippen LogP) is 0.431. The van der Waals surface area contributed by atoms with Crippen molar-refractivity contribution in [3.8, 4) is 0 Å². The second-order valence-electron chi connectivity index (χ2n) is 5.44. The Bertz CT molecular complexity index is 516. The highest BCUT2D eigenvalue weighted by molar-refractivity contribution is 5.88. The molecule has 0 unspecified atom stereocenters. The summed E-state index contributed by atoms with van der Waals surface area (Å²) in [6, 6.07) is 7.44. The van der Waals surface area contributed by atoms with Crippen molar-refractivity contribution in [3.05, 3.63) is 35.4 Å². The van der Waals surface area contributed by atoms with Gasteiger partial charge in [-0.25, -0.2) is 0 Å². The van der Waals surface area contributed by atoms with Gasteiger partial charge in [-0.3, -0.25) is 9.59 Å². The highest BCUT2D eigenvalue weighted by atomic mass is 16.2. The minimum absolute atomic E-state index is 0.161. The van der Waals surface area contributed by atoms with E-state index in [0.29, 0.717) is 5.92 Å². The Balaban J connectivity index is 1.95. The van der Waals surface area contributed by atoms with E-state index in [0.717, 1.165) is 13.0 Å². The van der Waals surface area contributed by atoms with Crippen molar-refractivity contribution in [2.24, 2.45) is 5.73 Å². The number of aryl methyl sites for hydroxylation is 1. The number of hydrogen-bond acceptors (Lipinski definition) is 3. The van der Waals surface area contributed by atoms with Gasteiger partial charge in [0.1, 0.15) is 6.04 Å². The third-order valence-corrected chi connectivity index (χ3v) is 3.75. The lowest BCUT2D eigenvalue weighted by atomic mass is 9.95. The van der Waals surface area contributed by atoms with Crippen LogP contribution in [0.4, 0.5) is 0 Å². The lowest BCUT2D eigenvalue weighted by molar-refractivity contribution is -0.128. The van der Waals surface area contributed by atoms with Gasteiger partial charge in [0.15, 0.2) is 0 Å². The van der Waals surface area contributed by atoms with Crippen molar-refractivity contribution in [3.63, 3.8) is 0 Å². The number of carbonyl (C=O) groups excluding carboxylic acids is 2. The quantitative estimate of drug-likeness (QED) is 0.745. The summed E-state index contributed by atoms with van der Waals surface area (Å²) in [5, 5.41) is 5.83. The van der Waals surface area contributed by atoms with Crippen LogP contribution in [0.3, 0.4) is 0 Å². The minimum Gasteiger partial charge on any atom is -0.368 e. The van der Waals surface area contributed by atoms with E-state index in [1.807, 2.05) is 6.07 Å². The zero-order valence-electron chi connectivity index (χ0n) is 11.8. The van der Waals surface area contributed by atoms with Crippen molar-refractivity contribution in [2.75, 3.05) is 6.54 Å². The number of nitrogens with two attached hydrogens (primary N) is 1. The highest BCUT2D eigenvalue weighted by Gasteiger charge is 2.31. The molecule has 1 aromatic rings. The number of rotatable bonds is 4. The van der Waals surface area contributed by atoms with Crippen molar-refractivity contribution < 1.29 is 9.59 Å². The van der Waals surface area contributed by atoms with E-state index < -0.39 is 11.9 Å². The van der Waals surface area contributed by atoms with Crippen LogP contribution in [0.1, 0.15) is 30.4 Å². The van der Waals surface area contributed by atoms with Gasteiger partial charge in [-0.1, -0.05) is 29.8 Å². The maximum Gasteiger partial charge on any atom is 0.239 e. The molecule has 108 valence electrons. The number of amides is 2. The predicted molar refractivity (Wildman–Crippen MR) is 77.1 cm³/mol. The Labute approximate surface area is 118 Å². The maximum absolute atomic E-state index is 12.0. The first kappa shape index (κ1) is 14.5. The summed E-state index contributed by atoms with van der Waals surface area (Å²) in [6.07, 6.45) is 0.737. The molecule has 1 aliphatic heterocycles. The Morgan fingerprint density at radius 3 is 2.85 bits per heavy atom. The zero-order valence-corrected chi connectivity index (χ0v) is 11.8. The number of carbonyl (C=O) groups is 2. The van der Waals surface area contributed by atoms with Crippen molar-refractivity contribution in [1.29, 1.82) is 0 Å². The number of hydrogen-bond donors (Lipinski definition) is 3. The normalized spacial score (nSPS) is 23.3. The SMILES string of the molecule is Cc1cccc([C@@H]2CN[C@@H](C(=O)N[C@@H](C)C(N)=O)C2)c1. The van der Waals surface area contributed by atoms with Crippen molar-refractivity contribution in [1.82, 2.24) is 10.6 Å². The number of benzene rings is 1. The molecule has 5 heteroatoms. The van der Waals surface area contributed by atoms with Gasteiger partial charge in [0.05, 0.1) is 6.04 Å². The molecule has 0 radical (unpaired) electrons. The van der Waals surface area contributed by atoms with Gasteiger partial charge < -0.3 is 16.4 Å². The molecule has 0 aliphatic carbocycles. The second-order valence-corrected chi connectivity index (χ2v) is 5.44. The molecule has 1 saturated heterocycles. The van der Waals surface area contributed by atoms with Crippen LogP contribution in [0, 0.1) is 6.92 Å². The number of nitrogens with one attached hydrogen (secondary N) is 2. The molecule has 0 spiro atoms. The van der Waals surface area contributed by atoms with Crippen LogP contribution in [0.25, 0.3) is 0 Å². The molecule has 1 fully saturated rings. The summed E-state index contributed by atoms with van der Waals surface area (Å²) in [7, 11) is 0. The smallest absolute Gasteiger partial charge is 0.239 e. The number of primary amides is 1. The van der Waals surface area contributed by atoms with Crippen LogP contribution in [0.2, 0.25) is 0 Å². The fraction of sp³-hybridized carbons (Fsp3) is 0.467. The van der Waals surface area contributed by atoms with E-state index in [-0.39, 0.29) is 11.9 Å². The van der Waals surface area contributed by atoms with Crippen LogP contribution < -0.4 is 16.4 Å². The first-order chi connectivity index (χ1) is 9.47. The van der Waals surface area contributed by atoms with E-state index in [1.54, 1.807) is 6.92 Å². The molecule has 5 nitrogen and oxygen atoms in total.